The highest BCUT2D eigenvalue weighted by atomic mass is 32.2. The standard InChI is InChI=1S/C19H20N2O6S/c1-13-8-9-15(26-2)10-17(13)28(24,25)20-16(14-6-4-3-5-7-14)11-21-18(22)12-27-19(21)23/h3-10,16,20H,11-12H2,1-2H3. The third-order valence-electron chi connectivity index (χ3n) is 4.39. The summed E-state index contributed by atoms with van der Waals surface area (Å²) in [5.74, 6) is -0.108. The van der Waals surface area contributed by atoms with Crippen LogP contribution in [0.4, 0.5) is 4.79 Å². The number of amides is 2. The largest absolute Gasteiger partial charge is 0.497 e. The molecular weight excluding hydrogens is 384 g/mol. The zero-order valence-corrected chi connectivity index (χ0v) is 16.2. The molecule has 0 saturated carbocycles. The predicted octanol–water partition coefficient (Wildman–Crippen LogP) is 2.00. The van der Waals surface area contributed by atoms with Crippen LogP contribution in [0.1, 0.15) is 17.2 Å². The predicted molar refractivity (Wildman–Crippen MR) is 100 cm³/mol. The van der Waals surface area contributed by atoms with Gasteiger partial charge in [-0.1, -0.05) is 36.4 Å². The number of carbonyl (C=O) groups is 2. The van der Waals surface area contributed by atoms with E-state index in [1.165, 1.54) is 13.2 Å². The van der Waals surface area contributed by atoms with Gasteiger partial charge in [0.1, 0.15) is 5.75 Å². The van der Waals surface area contributed by atoms with Crippen LogP contribution in [0.2, 0.25) is 0 Å². The van der Waals surface area contributed by atoms with Crippen LogP contribution in [0.5, 0.6) is 5.75 Å². The zero-order valence-electron chi connectivity index (χ0n) is 15.4. The van der Waals surface area contributed by atoms with Crippen molar-refractivity contribution in [1.82, 2.24) is 9.62 Å². The Bertz CT molecular complexity index is 975. The van der Waals surface area contributed by atoms with Gasteiger partial charge in [-0.25, -0.2) is 22.8 Å². The molecule has 8 nitrogen and oxygen atoms in total. The Hall–Kier alpha value is -2.91. The van der Waals surface area contributed by atoms with Crippen molar-refractivity contribution in [2.45, 2.75) is 17.9 Å². The molecule has 28 heavy (non-hydrogen) atoms. The van der Waals surface area contributed by atoms with Gasteiger partial charge in [-0.3, -0.25) is 4.79 Å². The number of methoxy groups -OCH3 is 1. The molecule has 9 heteroatoms. The van der Waals surface area contributed by atoms with Gasteiger partial charge in [0.2, 0.25) is 10.0 Å². The fourth-order valence-corrected chi connectivity index (χ4v) is 4.36. The number of nitrogens with one attached hydrogen (secondary N) is 1. The average molecular weight is 404 g/mol. The molecule has 0 aliphatic carbocycles. The molecule has 2 aromatic carbocycles. The minimum Gasteiger partial charge on any atom is -0.497 e. The molecule has 1 heterocycles. The molecule has 1 fully saturated rings. The third-order valence-corrected chi connectivity index (χ3v) is 6.00. The smallest absolute Gasteiger partial charge is 0.417 e. The molecule has 1 unspecified atom stereocenters. The number of nitrogens with zero attached hydrogens (tertiary/aromatic N) is 1. The summed E-state index contributed by atoms with van der Waals surface area (Å²) in [5.41, 5.74) is 1.15. The second-order valence-corrected chi connectivity index (χ2v) is 7.96. The Morgan fingerprint density at radius 1 is 1.18 bits per heavy atom. The molecule has 3 rings (SSSR count). The molecule has 148 valence electrons. The minimum absolute atomic E-state index is 0.0584. The number of ether oxygens (including phenoxy) is 2. The van der Waals surface area contributed by atoms with E-state index in [1.807, 2.05) is 0 Å². The van der Waals surface area contributed by atoms with Crippen molar-refractivity contribution in [2.24, 2.45) is 0 Å². The molecule has 1 N–H and O–H groups in total. The number of sulfonamides is 1. The topological polar surface area (TPSA) is 102 Å². The van der Waals surface area contributed by atoms with E-state index in [4.69, 9.17) is 9.47 Å². The summed E-state index contributed by atoms with van der Waals surface area (Å²) < 4.78 is 38.6. The van der Waals surface area contributed by atoms with E-state index in [2.05, 4.69) is 4.72 Å². The lowest BCUT2D eigenvalue weighted by atomic mass is 10.1. The summed E-state index contributed by atoms with van der Waals surface area (Å²) in [6.07, 6.45) is -0.789. The van der Waals surface area contributed by atoms with Crippen molar-refractivity contribution >= 4 is 22.0 Å². The molecule has 2 aromatic rings. The van der Waals surface area contributed by atoms with Gasteiger partial charge in [-0.2, -0.15) is 0 Å². The fourth-order valence-electron chi connectivity index (χ4n) is 2.88. The van der Waals surface area contributed by atoms with Crippen LogP contribution in [0.15, 0.2) is 53.4 Å². The van der Waals surface area contributed by atoms with Crippen LogP contribution in [-0.4, -0.2) is 45.6 Å². The second kappa shape index (κ2) is 7.99. The molecular formula is C19H20N2O6S. The summed E-state index contributed by atoms with van der Waals surface area (Å²) in [6.45, 7) is 1.15. The van der Waals surface area contributed by atoms with Crippen LogP contribution >= 0.6 is 0 Å². The first-order valence-electron chi connectivity index (χ1n) is 8.51. The Labute approximate surface area is 163 Å². The maximum Gasteiger partial charge on any atom is 0.417 e. The maximum atomic E-state index is 13.1. The molecule has 1 saturated heterocycles. The normalized spacial score (nSPS) is 15.4. The van der Waals surface area contributed by atoms with Crippen molar-refractivity contribution in [2.75, 3.05) is 20.3 Å². The van der Waals surface area contributed by atoms with Crippen molar-refractivity contribution in [3.05, 3.63) is 59.7 Å². The van der Waals surface area contributed by atoms with E-state index in [0.29, 0.717) is 16.9 Å². The second-order valence-electron chi connectivity index (χ2n) is 6.27. The highest BCUT2D eigenvalue weighted by molar-refractivity contribution is 7.89. The van der Waals surface area contributed by atoms with Crippen molar-refractivity contribution < 1.29 is 27.5 Å². The summed E-state index contributed by atoms with van der Waals surface area (Å²) in [4.78, 5) is 24.7. The van der Waals surface area contributed by atoms with Crippen molar-refractivity contribution in [3.63, 3.8) is 0 Å². The number of hydrogen-bond acceptors (Lipinski definition) is 6. The van der Waals surface area contributed by atoms with Gasteiger partial charge in [-0.15, -0.1) is 0 Å². The van der Waals surface area contributed by atoms with Gasteiger partial charge < -0.3 is 9.47 Å². The molecule has 1 atom stereocenters. The first-order chi connectivity index (χ1) is 13.3. The average Bonchev–Trinajstić information content (AvgIpc) is 3.00. The van der Waals surface area contributed by atoms with E-state index in [9.17, 15) is 18.0 Å². The number of cyclic esters (lactones) is 1. The number of carbonyl (C=O) groups excluding carboxylic acids is 2. The van der Waals surface area contributed by atoms with E-state index in [-0.39, 0.29) is 18.0 Å². The van der Waals surface area contributed by atoms with E-state index in [0.717, 1.165) is 4.90 Å². The highest BCUT2D eigenvalue weighted by Crippen LogP contribution is 2.25. The SMILES string of the molecule is COc1ccc(C)c(S(=O)(=O)NC(CN2C(=O)COC2=O)c2ccccc2)c1. The zero-order chi connectivity index (χ0) is 20.3. The van der Waals surface area contributed by atoms with Crippen molar-refractivity contribution in [1.29, 1.82) is 0 Å². The Morgan fingerprint density at radius 2 is 1.89 bits per heavy atom. The third kappa shape index (κ3) is 4.15. The lowest BCUT2D eigenvalue weighted by Gasteiger charge is -2.23. The monoisotopic (exact) mass is 404 g/mol. The number of imide groups is 1. The molecule has 0 bridgehead atoms. The van der Waals surface area contributed by atoms with Crippen molar-refractivity contribution in [3.8, 4) is 5.75 Å². The van der Waals surface area contributed by atoms with E-state index in [1.54, 1.807) is 49.4 Å². The molecule has 1 aliphatic heterocycles. The van der Waals surface area contributed by atoms with Crippen LogP contribution in [0.3, 0.4) is 0 Å². The van der Waals surface area contributed by atoms with E-state index >= 15 is 0 Å². The lowest BCUT2D eigenvalue weighted by Crippen LogP contribution is -2.40. The Balaban J connectivity index is 1.95. The Morgan fingerprint density at radius 3 is 2.50 bits per heavy atom. The molecule has 1 aliphatic rings. The molecule has 0 radical (unpaired) electrons. The van der Waals surface area contributed by atoms with Crippen LogP contribution in [0.25, 0.3) is 0 Å². The van der Waals surface area contributed by atoms with Gasteiger partial charge in [0.15, 0.2) is 6.61 Å². The first kappa shape index (κ1) is 19.8. The highest BCUT2D eigenvalue weighted by Gasteiger charge is 2.35. The number of aryl methyl sites for hydroxylation is 1. The summed E-state index contributed by atoms with van der Waals surface area (Å²) in [7, 11) is -2.52. The van der Waals surface area contributed by atoms with Crippen LogP contribution in [-0.2, 0) is 19.6 Å². The lowest BCUT2D eigenvalue weighted by molar-refractivity contribution is -0.126. The number of rotatable bonds is 7. The number of benzene rings is 2. The number of hydrogen-bond donors (Lipinski definition) is 1. The summed E-state index contributed by atoms with van der Waals surface area (Å²) in [6, 6.07) is 12.6. The fraction of sp³-hybridized carbons (Fsp3) is 0.263. The molecule has 0 spiro atoms. The van der Waals surface area contributed by atoms with E-state index < -0.39 is 28.1 Å². The molecule has 2 amide bonds. The maximum absolute atomic E-state index is 13.1. The van der Waals surface area contributed by atoms with Gasteiger partial charge in [0.05, 0.1) is 24.6 Å². The van der Waals surface area contributed by atoms with Gasteiger partial charge >= 0.3 is 6.09 Å². The quantitative estimate of drug-likeness (QED) is 0.757. The summed E-state index contributed by atoms with van der Waals surface area (Å²) in [5, 5.41) is 0. The molecule has 0 aromatic heterocycles. The Kier molecular flexibility index (Phi) is 5.66. The van der Waals surface area contributed by atoms with Gasteiger partial charge in [0.25, 0.3) is 5.91 Å². The summed E-state index contributed by atoms with van der Waals surface area (Å²) >= 11 is 0. The van der Waals surface area contributed by atoms with Gasteiger partial charge in [0, 0.05) is 6.07 Å². The first-order valence-corrected chi connectivity index (χ1v) is 9.99. The van der Waals surface area contributed by atoms with Crippen LogP contribution in [0, 0.1) is 6.92 Å². The van der Waals surface area contributed by atoms with Gasteiger partial charge in [-0.05, 0) is 24.1 Å². The van der Waals surface area contributed by atoms with Crippen LogP contribution < -0.4 is 9.46 Å². The minimum atomic E-state index is -3.97.